The zero-order chi connectivity index (χ0) is 24.4. The Hall–Kier alpha value is -3.51. The topological polar surface area (TPSA) is 73.8 Å². The van der Waals surface area contributed by atoms with Crippen LogP contribution in [0.1, 0.15) is 30.9 Å². The molecule has 1 aliphatic heterocycles. The molecule has 0 aromatic heterocycles. The average Bonchev–Trinajstić information content (AvgIpc) is 2.84. The number of aromatic hydroxyl groups is 1. The highest BCUT2D eigenvalue weighted by molar-refractivity contribution is 5.89. The molecule has 3 atom stereocenters. The lowest BCUT2D eigenvalue weighted by Crippen LogP contribution is -2.58. The number of para-hydroxylation sites is 1. The minimum Gasteiger partial charge on any atom is -0.508 e. The van der Waals surface area contributed by atoms with Gasteiger partial charge < -0.3 is 25.4 Å². The van der Waals surface area contributed by atoms with Gasteiger partial charge in [0.1, 0.15) is 17.2 Å². The molecule has 2 aliphatic rings. The third-order valence-electron chi connectivity index (χ3n) is 7.91. The van der Waals surface area contributed by atoms with Crippen LogP contribution in [0.15, 0.2) is 72.8 Å². The molecule has 1 heterocycles. The molecule has 3 N–H and O–H groups in total. The fourth-order valence-corrected chi connectivity index (χ4v) is 5.99. The van der Waals surface area contributed by atoms with Crippen LogP contribution in [0.3, 0.4) is 0 Å². The highest BCUT2D eigenvalue weighted by atomic mass is 16.5. The summed E-state index contributed by atoms with van der Waals surface area (Å²) in [6.45, 7) is 3.90. The number of hydrogen-bond acceptors (Lipinski definition) is 4. The number of phenolic OH excluding ortho intramolecular Hbond substituents is 1. The summed E-state index contributed by atoms with van der Waals surface area (Å²) >= 11 is 0. The summed E-state index contributed by atoms with van der Waals surface area (Å²) in [6, 6.07) is 23.0. The first kappa shape index (κ1) is 23.2. The number of fused-ring (bicyclic) bond motifs is 4. The zero-order valence-corrected chi connectivity index (χ0v) is 20.3. The summed E-state index contributed by atoms with van der Waals surface area (Å²) < 4.78 is 5.87. The molecule has 3 aromatic carbocycles. The van der Waals surface area contributed by atoms with Crippen molar-refractivity contribution in [2.75, 3.05) is 25.5 Å². The van der Waals surface area contributed by atoms with E-state index in [0.717, 1.165) is 31.6 Å². The summed E-state index contributed by atoms with van der Waals surface area (Å²) in [5, 5.41) is 16.2. The molecule has 0 unspecified atom stereocenters. The first-order chi connectivity index (χ1) is 16.9. The van der Waals surface area contributed by atoms with Crippen molar-refractivity contribution in [1.82, 2.24) is 10.2 Å². The van der Waals surface area contributed by atoms with Crippen molar-refractivity contribution in [1.29, 1.82) is 0 Å². The van der Waals surface area contributed by atoms with Gasteiger partial charge in [0.15, 0.2) is 0 Å². The van der Waals surface area contributed by atoms with Gasteiger partial charge in [-0.25, -0.2) is 4.79 Å². The molecule has 6 heteroatoms. The van der Waals surface area contributed by atoms with Gasteiger partial charge in [-0.3, -0.25) is 0 Å². The van der Waals surface area contributed by atoms with Crippen LogP contribution in [-0.4, -0.2) is 42.2 Å². The van der Waals surface area contributed by atoms with Crippen LogP contribution >= 0.6 is 0 Å². The Kier molecular flexibility index (Phi) is 6.39. The standard InChI is InChI=1S/C29H33N3O3/c1-20-27-17-21-11-12-23(33)19-26(21)29(20,14-16-32(27)2)13-15-30-28(34)31-22-7-6-10-25(18-22)35-24-8-4-3-5-9-24/h3-12,18-20,27,33H,13-17H2,1-2H3,(H2,30,31,34)/t20-,27+,29+/m0/s1. The molecule has 0 spiro atoms. The van der Waals surface area contributed by atoms with E-state index < -0.39 is 0 Å². The van der Waals surface area contributed by atoms with E-state index in [1.54, 1.807) is 6.07 Å². The van der Waals surface area contributed by atoms with Crippen LogP contribution in [0.2, 0.25) is 0 Å². The van der Waals surface area contributed by atoms with Crippen molar-refractivity contribution in [2.24, 2.45) is 5.92 Å². The summed E-state index contributed by atoms with van der Waals surface area (Å²) in [5.74, 6) is 2.17. The van der Waals surface area contributed by atoms with Crippen LogP contribution in [0, 0.1) is 5.92 Å². The number of likely N-dealkylation sites (N-methyl/N-ethyl adjacent to an activating group) is 1. The fraction of sp³-hybridized carbons (Fsp3) is 0.345. The Morgan fingerprint density at radius 1 is 1.09 bits per heavy atom. The lowest BCUT2D eigenvalue weighted by Gasteiger charge is -2.55. The van der Waals surface area contributed by atoms with Crippen LogP contribution in [0.25, 0.3) is 0 Å². The molecule has 0 saturated carbocycles. The number of carbonyl (C=O) groups is 1. The molecule has 35 heavy (non-hydrogen) atoms. The third-order valence-corrected chi connectivity index (χ3v) is 7.91. The maximum atomic E-state index is 12.7. The molecular formula is C29H33N3O3. The van der Waals surface area contributed by atoms with Gasteiger partial charge in [0.2, 0.25) is 0 Å². The largest absolute Gasteiger partial charge is 0.508 e. The number of nitrogens with one attached hydrogen (secondary N) is 2. The molecule has 6 nitrogen and oxygen atoms in total. The number of carbonyl (C=O) groups excluding carboxylic acids is 1. The molecule has 2 amide bonds. The van der Waals surface area contributed by atoms with Gasteiger partial charge in [0, 0.05) is 29.8 Å². The van der Waals surface area contributed by atoms with Gasteiger partial charge in [-0.1, -0.05) is 37.3 Å². The number of piperidine rings is 1. The molecule has 3 aromatic rings. The number of urea groups is 1. The van der Waals surface area contributed by atoms with Crippen molar-refractivity contribution in [3.05, 3.63) is 83.9 Å². The molecule has 182 valence electrons. The predicted octanol–water partition coefficient (Wildman–Crippen LogP) is 5.53. The van der Waals surface area contributed by atoms with E-state index in [4.69, 9.17) is 4.74 Å². The molecule has 1 fully saturated rings. The van der Waals surface area contributed by atoms with Crippen LogP contribution in [0.5, 0.6) is 17.2 Å². The average molecular weight is 472 g/mol. The van der Waals surface area contributed by atoms with Gasteiger partial charge in [-0.15, -0.1) is 0 Å². The van der Waals surface area contributed by atoms with Crippen molar-refractivity contribution < 1.29 is 14.6 Å². The summed E-state index contributed by atoms with van der Waals surface area (Å²) in [6.07, 6.45) is 2.85. The summed E-state index contributed by atoms with van der Waals surface area (Å²) in [4.78, 5) is 15.2. The van der Waals surface area contributed by atoms with Crippen molar-refractivity contribution in [2.45, 2.75) is 37.6 Å². The second kappa shape index (κ2) is 9.62. The van der Waals surface area contributed by atoms with E-state index in [9.17, 15) is 9.90 Å². The van der Waals surface area contributed by atoms with Gasteiger partial charge in [-0.05, 0) is 86.3 Å². The molecule has 1 saturated heterocycles. The van der Waals surface area contributed by atoms with Crippen LogP contribution in [-0.2, 0) is 11.8 Å². The predicted molar refractivity (Wildman–Crippen MR) is 138 cm³/mol. The van der Waals surface area contributed by atoms with E-state index in [1.807, 2.05) is 60.7 Å². The smallest absolute Gasteiger partial charge is 0.319 e. The number of anilines is 1. The van der Waals surface area contributed by atoms with Crippen molar-refractivity contribution >= 4 is 11.7 Å². The number of ether oxygens (including phenoxy) is 1. The third kappa shape index (κ3) is 4.71. The Labute approximate surface area is 206 Å². The first-order valence-electron chi connectivity index (χ1n) is 12.3. The number of likely N-dealkylation sites (tertiary alicyclic amines) is 1. The monoisotopic (exact) mass is 471 g/mol. The Morgan fingerprint density at radius 2 is 1.89 bits per heavy atom. The highest BCUT2D eigenvalue weighted by Gasteiger charge is 2.50. The maximum absolute atomic E-state index is 12.7. The molecular weight excluding hydrogens is 438 g/mol. The Balaban J connectivity index is 1.24. The molecule has 1 aliphatic carbocycles. The number of hydrogen-bond donors (Lipinski definition) is 3. The lowest BCUT2D eigenvalue weighted by atomic mass is 9.56. The number of amides is 2. The van der Waals surface area contributed by atoms with Crippen molar-refractivity contribution in [3.8, 4) is 17.2 Å². The minimum atomic E-state index is -0.234. The van der Waals surface area contributed by atoms with Crippen LogP contribution < -0.4 is 15.4 Å². The normalized spacial score (nSPS) is 23.3. The maximum Gasteiger partial charge on any atom is 0.319 e. The van der Waals surface area contributed by atoms with E-state index >= 15 is 0 Å². The lowest BCUT2D eigenvalue weighted by molar-refractivity contribution is 0.0364. The first-order valence-corrected chi connectivity index (χ1v) is 12.3. The zero-order valence-electron chi connectivity index (χ0n) is 20.3. The summed E-state index contributed by atoms with van der Waals surface area (Å²) in [7, 11) is 2.21. The van der Waals surface area contributed by atoms with Crippen LogP contribution in [0.4, 0.5) is 10.5 Å². The van der Waals surface area contributed by atoms with Gasteiger partial charge >= 0.3 is 6.03 Å². The van der Waals surface area contributed by atoms with E-state index in [1.165, 1.54) is 11.1 Å². The van der Waals surface area contributed by atoms with Gasteiger partial charge in [0.05, 0.1) is 0 Å². The Bertz CT molecular complexity index is 1200. The fourth-order valence-electron chi connectivity index (χ4n) is 5.99. The van der Waals surface area contributed by atoms with Crippen molar-refractivity contribution in [3.63, 3.8) is 0 Å². The SMILES string of the molecule is C[C@H]1[C@H]2Cc3ccc(O)cc3[C@]1(CCNC(=O)Nc1cccc(Oc3ccccc3)c1)CCN2C. The Morgan fingerprint density at radius 3 is 2.71 bits per heavy atom. The minimum absolute atomic E-state index is 0.0553. The van der Waals surface area contributed by atoms with Gasteiger partial charge in [-0.2, -0.15) is 0 Å². The second-order valence-corrected chi connectivity index (χ2v) is 9.86. The number of phenols is 1. The molecule has 5 rings (SSSR count). The molecule has 0 radical (unpaired) electrons. The highest BCUT2D eigenvalue weighted by Crippen LogP contribution is 2.51. The van der Waals surface area contributed by atoms with E-state index in [0.29, 0.717) is 35.7 Å². The van der Waals surface area contributed by atoms with Gasteiger partial charge in [0.25, 0.3) is 0 Å². The quantitative estimate of drug-likeness (QED) is 0.442. The number of benzene rings is 3. The van der Waals surface area contributed by atoms with E-state index in [-0.39, 0.29) is 11.4 Å². The second-order valence-electron chi connectivity index (χ2n) is 9.86. The number of nitrogens with zero attached hydrogens (tertiary/aromatic N) is 1. The number of rotatable bonds is 6. The van der Waals surface area contributed by atoms with E-state index in [2.05, 4.69) is 35.6 Å². The molecule has 2 bridgehead atoms. The summed E-state index contributed by atoms with van der Waals surface area (Å²) in [5.41, 5.74) is 3.19.